The number of nitrogens with zero attached hydrogens (tertiary/aromatic N) is 2. The van der Waals surface area contributed by atoms with Crippen LogP contribution in [0.3, 0.4) is 0 Å². The monoisotopic (exact) mass is 418 g/mol. The van der Waals surface area contributed by atoms with Crippen molar-refractivity contribution in [2.75, 3.05) is 5.32 Å². The third kappa shape index (κ3) is 3.61. The molecule has 1 amide bonds. The molecule has 1 aromatic heterocycles. The van der Waals surface area contributed by atoms with Gasteiger partial charge < -0.3 is 10.3 Å². The van der Waals surface area contributed by atoms with Crippen LogP contribution >= 0.6 is 12.2 Å². The number of nitro benzene ring substituents is 1. The van der Waals surface area contributed by atoms with E-state index in [-0.39, 0.29) is 21.6 Å². The number of hydrogen-bond acceptors (Lipinski definition) is 5. The van der Waals surface area contributed by atoms with Gasteiger partial charge in [-0.2, -0.15) is 0 Å². The zero-order chi connectivity index (χ0) is 21.3. The summed E-state index contributed by atoms with van der Waals surface area (Å²) in [6, 6.07) is 19.2. The highest BCUT2D eigenvalue weighted by Gasteiger charge is 2.13. The van der Waals surface area contributed by atoms with Crippen molar-refractivity contribution in [2.45, 2.75) is 0 Å². The lowest BCUT2D eigenvalue weighted by atomic mass is 10.1. The van der Waals surface area contributed by atoms with E-state index in [9.17, 15) is 19.7 Å². The van der Waals surface area contributed by atoms with Gasteiger partial charge in [-0.25, -0.2) is 0 Å². The van der Waals surface area contributed by atoms with E-state index in [2.05, 4.69) is 10.3 Å². The fourth-order valence-corrected chi connectivity index (χ4v) is 3.37. The molecular weight excluding hydrogens is 404 g/mol. The van der Waals surface area contributed by atoms with Crippen LogP contribution in [-0.2, 0) is 0 Å². The first-order valence-electron chi connectivity index (χ1n) is 8.84. The molecule has 4 aromatic rings. The molecule has 0 spiro atoms. The number of aromatic nitrogens is 2. The fourth-order valence-electron chi connectivity index (χ4n) is 3.07. The van der Waals surface area contributed by atoms with Crippen LogP contribution in [0.4, 0.5) is 11.4 Å². The van der Waals surface area contributed by atoms with Crippen LogP contribution in [-0.4, -0.2) is 20.4 Å². The first kappa shape index (κ1) is 19.2. The SMILES string of the molecule is O=C(Nc1cccc([N+](=O)[O-])c1)c1ccc2c(=O)n(-c3ccccc3)c(=S)[nH]c2c1. The molecule has 1 heterocycles. The average molecular weight is 418 g/mol. The topological polar surface area (TPSA) is 110 Å². The van der Waals surface area contributed by atoms with Crippen LogP contribution < -0.4 is 10.9 Å². The van der Waals surface area contributed by atoms with Gasteiger partial charge in [-0.3, -0.25) is 24.3 Å². The quantitative estimate of drug-likeness (QED) is 0.293. The molecule has 0 aliphatic carbocycles. The summed E-state index contributed by atoms with van der Waals surface area (Å²) in [5, 5.41) is 13.9. The molecule has 148 valence electrons. The number of carbonyl (C=O) groups excluding carboxylic acids is 1. The summed E-state index contributed by atoms with van der Waals surface area (Å²) < 4.78 is 1.59. The maximum absolute atomic E-state index is 12.9. The van der Waals surface area contributed by atoms with Gasteiger partial charge in [0.05, 0.1) is 21.5 Å². The standard InChI is InChI=1S/C21H14N4O4S/c26-19(22-14-5-4-8-16(12-14)25(28)29)13-9-10-17-18(11-13)23-21(30)24(20(17)27)15-6-2-1-3-7-15/h1-12H,(H,22,26)(H,23,30). The number of hydrogen-bond donors (Lipinski definition) is 2. The minimum atomic E-state index is -0.538. The van der Waals surface area contributed by atoms with E-state index >= 15 is 0 Å². The highest BCUT2D eigenvalue weighted by Crippen LogP contribution is 2.19. The molecule has 30 heavy (non-hydrogen) atoms. The highest BCUT2D eigenvalue weighted by molar-refractivity contribution is 7.71. The molecule has 8 nitrogen and oxygen atoms in total. The van der Waals surface area contributed by atoms with Crippen LogP contribution in [0.25, 0.3) is 16.6 Å². The van der Waals surface area contributed by atoms with Crippen LogP contribution in [0.2, 0.25) is 0 Å². The lowest BCUT2D eigenvalue weighted by Gasteiger charge is -2.09. The van der Waals surface area contributed by atoms with E-state index in [0.717, 1.165) is 0 Å². The van der Waals surface area contributed by atoms with Crippen LogP contribution in [0, 0.1) is 14.9 Å². The Morgan fingerprint density at radius 2 is 1.80 bits per heavy atom. The molecule has 4 rings (SSSR count). The smallest absolute Gasteiger partial charge is 0.271 e. The van der Waals surface area contributed by atoms with Crippen LogP contribution in [0.15, 0.2) is 77.6 Å². The first-order valence-corrected chi connectivity index (χ1v) is 9.25. The Hall–Kier alpha value is -4.11. The van der Waals surface area contributed by atoms with Gasteiger partial charge in [0.2, 0.25) is 0 Å². The second kappa shape index (κ2) is 7.72. The molecule has 0 saturated heterocycles. The lowest BCUT2D eigenvalue weighted by molar-refractivity contribution is -0.384. The molecule has 0 saturated carbocycles. The van der Waals surface area contributed by atoms with Gasteiger partial charge in [-0.15, -0.1) is 0 Å². The van der Waals surface area contributed by atoms with Crippen molar-refractivity contribution < 1.29 is 9.72 Å². The summed E-state index contributed by atoms with van der Waals surface area (Å²) >= 11 is 5.34. The Morgan fingerprint density at radius 1 is 1.03 bits per heavy atom. The van der Waals surface area contributed by atoms with Crippen molar-refractivity contribution in [3.63, 3.8) is 0 Å². The third-order valence-electron chi connectivity index (χ3n) is 4.49. The van der Waals surface area contributed by atoms with Gasteiger partial charge >= 0.3 is 0 Å². The second-order valence-corrected chi connectivity index (χ2v) is 6.81. The zero-order valence-corrected chi connectivity index (χ0v) is 16.2. The predicted octanol–water partition coefficient (Wildman–Crippen LogP) is 4.21. The molecule has 9 heteroatoms. The normalized spacial score (nSPS) is 10.7. The second-order valence-electron chi connectivity index (χ2n) is 6.43. The predicted molar refractivity (Wildman–Crippen MR) is 116 cm³/mol. The van der Waals surface area contributed by atoms with E-state index in [4.69, 9.17) is 12.2 Å². The highest BCUT2D eigenvalue weighted by atomic mass is 32.1. The van der Waals surface area contributed by atoms with E-state index < -0.39 is 10.8 Å². The minimum Gasteiger partial charge on any atom is -0.331 e. The first-order chi connectivity index (χ1) is 14.4. The summed E-state index contributed by atoms with van der Waals surface area (Å²) in [4.78, 5) is 38.9. The Morgan fingerprint density at radius 3 is 2.53 bits per heavy atom. The van der Waals surface area contributed by atoms with Gasteiger partial charge in [-0.1, -0.05) is 24.3 Å². The Bertz CT molecular complexity index is 1410. The van der Waals surface area contributed by atoms with Crippen molar-refractivity contribution in [1.82, 2.24) is 9.55 Å². The molecule has 0 radical (unpaired) electrons. The summed E-state index contributed by atoms with van der Waals surface area (Å²) in [7, 11) is 0. The number of para-hydroxylation sites is 1. The number of nitrogens with one attached hydrogen (secondary N) is 2. The van der Waals surface area contributed by atoms with Crippen molar-refractivity contribution in [3.05, 3.63) is 104 Å². The van der Waals surface area contributed by atoms with Crippen LogP contribution in [0.1, 0.15) is 10.4 Å². The number of rotatable bonds is 4. The van der Waals surface area contributed by atoms with E-state index in [0.29, 0.717) is 22.3 Å². The van der Waals surface area contributed by atoms with Gasteiger partial charge in [0.1, 0.15) is 0 Å². The van der Waals surface area contributed by atoms with Gasteiger partial charge in [0.25, 0.3) is 17.2 Å². The largest absolute Gasteiger partial charge is 0.331 e. The van der Waals surface area contributed by atoms with E-state index in [1.54, 1.807) is 24.3 Å². The number of fused-ring (bicyclic) bond motifs is 1. The number of nitro groups is 1. The molecule has 3 aromatic carbocycles. The number of amides is 1. The number of anilines is 1. The average Bonchev–Trinajstić information content (AvgIpc) is 2.74. The number of carbonyl (C=O) groups is 1. The summed E-state index contributed by atoms with van der Waals surface area (Å²) in [6.45, 7) is 0. The van der Waals surface area contributed by atoms with E-state index in [1.807, 2.05) is 18.2 Å². The van der Waals surface area contributed by atoms with Crippen molar-refractivity contribution in [3.8, 4) is 5.69 Å². The van der Waals surface area contributed by atoms with Gasteiger partial charge in [0.15, 0.2) is 4.77 Å². The van der Waals surface area contributed by atoms with Crippen molar-refractivity contribution in [2.24, 2.45) is 0 Å². The number of H-pyrrole nitrogens is 1. The minimum absolute atomic E-state index is 0.128. The Balaban J connectivity index is 1.71. The molecular formula is C21H14N4O4S. The zero-order valence-electron chi connectivity index (χ0n) is 15.4. The molecule has 0 atom stereocenters. The maximum atomic E-state index is 12.9. The van der Waals surface area contributed by atoms with Crippen molar-refractivity contribution >= 4 is 40.4 Å². The molecule has 0 aliphatic heterocycles. The third-order valence-corrected chi connectivity index (χ3v) is 4.77. The maximum Gasteiger partial charge on any atom is 0.271 e. The molecule has 0 aliphatic rings. The lowest BCUT2D eigenvalue weighted by Crippen LogP contribution is -2.21. The van der Waals surface area contributed by atoms with Gasteiger partial charge in [-0.05, 0) is 48.6 Å². The van der Waals surface area contributed by atoms with Gasteiger partial charge in [0, 0.05) is 23.4 Å². The molecule has 2 N–H and O–H groups in total. The Kier molecular flexibility index (Phi) is 4.95. The van der Waals surface area contributed by atoms with Crippen molar-refractivity contribution in [1.29, 1.82) is 0 Å². The number of non-ortho nitro benzene ring substituents is 1. The summed E-state index contributed by atoms with van der Waals surface area (Å²) in [5.74, 6) is -0.469. The summed E-state index contributed by atoms with van der Waals surface area (Å²) in [5.41, 5.74) is 1.20. The Labute approximate surface area is 174 Å². The van der Waals surface area contributed by atoms with Crippen LogP contribution in [0.5, 0.6) is 0 Å². The number of aromatic amines is 1. The molecule has 0 bridgehead atoms. The fraction of sp³-hybridized carbons (Fsp3) is 0. The molecule has 0 unspecified atom stereocenters. The summed E-state index contributed by atoms with van der Waals surface area (Å²) in [6.07, 6.45) is 0. The number of benzene rings is 3. The van der Waals surface area contributed by atoms with E-state index in [1.165, 1.54) is 34.9 Å². The molecule has 0 fully saturated rings.